The number of epoxide rings is 1. The lowest BCUT2D eigenvalue weighted by Crippen LogP contribution is -2.64. The van der Waals surface area contributed by atoms with Crippen molar-refractivity contribution in [2.75, 3.05) is 13.2 Å². The van der Waals surface area contributed by atoms with E-state index in [1.165, 1.54) is 19.3 Å². The Hall–Kier alpha value is -2.49. The monoisotopic (exact) mass is 870 g/mol. The molecule has 6 N–H and O–H groups in total. The van der Waals surface area contributed by atoms with Crippen LogP contribution < -0.4 is 0 Å². The molecule has 60 heavy (non-hydrogen) atoms. The van der Waals surface area contributed by atoms with E-state index in [-0.39, 0.29) is 12.8 Å². The average Bonchev–Trinajstić information content (AvgIpc) is 3.99. The zero-order valence-electron chi connectivity index (χ0n) is 35.9. The first-order chi connectivity index (χ1) is 28.9. The van der Waals surface area contributed by atoms with Gasteiger partial charge in [-0.15, -0.1) is 0 Å². The van der Waals surface area contributed by atoms with Gasteiger partial charge in [0.1, 0.15) is 43.2 Å². The van der Waals surface area contributed by atoms with Gasteiger partial charge in [0.15, 0.2) is 6.10 Å². The molecule has 0 aromatic carbocycles. The third-order valence-corrected chi connectivity index (χ3v) is 11.2. The Morgan fingerprint density at radius 1 is 0.583 bits per heavy atom. The van der Waals surface area contributed by atoms with Crippen LogP contribution in [-0.2, 0) is 37.4 Å². The fraction of sp³-hybridized carbons (Fsp3) is 0.733. The second-order valence-corrected chi connectivity index (χ2v) is 17.0. The maximum absolute atomic E-state index is 12.8. The summed E-state index contributed by atoms with van der Waals surface area (Å²) in [5, 5.41) is 50.1. The highest BCUT2D eigenvalue weighted by Gasteiger charge is 2.51. The number of esters is 2. The van der Waals surface area contributed by atoms with E-state index in [0.717, 1.165) is 77.0 Å². The minimum Gasteiger partial charge on any atom is -0.462 e. The van der Waals surface area contributed by atoms with Gasteiger partial charge in [-0.2, -0.15) is 0 Å². The standard InChI is InChI=1S/C45H75O14P/c1-3-5-7-9-11-12-13-14-15-16-19-24-28-32-39(47)57-35(34-56-60(53,54)59-45-43(51)41(49)40(48)42(50)44(45)52)33-55-38(46)31-27-23-20-17-18-22-26-30-37-36(58-37)29-25-21-10-8-6-4-2/h7,9,12-13,17,20-22,25-26,35-37,40-45,48-52H,3-6,8,10-11,14-16,18-19,23-24,27-34H2,1-2H3,(H,53,54)/b9-7-,13-12-,20-17-,25-21-,26-22-/t35-,36?,37?,40?,41-,42+,43-,44-,45?/m1/s1. The van der Waals surface area contributed by atoms with Crippen molar-refractivity contribution in [2.45, 2.75) is 197 Å². The van der Waals surface area contributed by atoms with Crippen LogP contribution in [0.3, 0.4) is 0 Å². The third-order valence-electron chi connectivity index (χ3n) is 10.2. The number of unbranched alkanes of at least 4 members (excludes halogenated alkanes) is 10. The Bertz CT molecular complexity index is 1350. The average molecular weight is 871 g/mol. The summed E-state index contributed by atoms with van der Waals surface area (Å²) in [6.45, 7) is 3.11. The predicted octanol–water partition coefficient (Wildman–Crippen LogP) is 7.15. The number of allylic oxidation sites excluding steroid dienone is 8. The number of hydrogen-bond donors (Lipinski definition) is 6. The molecular formula is C45H75O14P. The molecule has 1 saturated carbocycles. The highest BCUT2D eigenvalue weighted by Crippen LogP contribution is 2.47. The van der Waals surface area contributed by atoms with E-state index < -0.39 is 75.7 Å². The topological polar surface area (TPSA) is 222 Å². The van der Waals surface area contributed by atoms with Gasteiger partial charge in [-0.1, -0.05) is 113 Å². The van der Waals surface area contributed by atoms with Crippen LogP contribution in [0, 0.1) is 0 Å². The summed E-state index contributed by atoms with van der Waals surface area (Å²) in [5.74, 6) is -1.19. The minimum atomic E-state index is -5.14. The van der Waals surface area contributed by atoms with Crippen molar-refractivity contribution < 1.29 is 67.8 Å². The van der Waals surface area contributed by atoms with Gasteiger partial charge < -0.3 is 44.6 Å². The van der Waals surface area contributed by atoms with Gasteiger partial charge >= 0.3 is 19.8 Å². The van der Waals surface area contributed by atoms with Crippen LogP contribution >= 0.6 is 7.82 Å². The molecule has 344 valence electrons. The summed E-state index contributed by atoms with van der Waals surface area (Å²) in [6.07, 6.45) is 26.0. The summed E-state index contributed by atoms with van der Waals surface area (Å²) in [4.78, 5) is 35.6. The van der Waals surface area contributed by atoms with E-state index in [1.807, 2.05) is 12.2 Å². The number of hydrogen-bond acceptors (Lipinski definition) is 13. The first-order valence-corrected chi connectivity index (χ1v) is 23.7. The zero-order valence-corrected chi connectivity index (χ0v) is 36.8. The number of ether oxygens (including phenoxy) is 3. The Labute approximate surface area is 358 Å². The second-order valence-electron chi connectivity index (χ2n) is 15.6. The Balaban J connectivity index is 1.75. The summed E-state index contributed by atoms with van der Waals surface area (Å²) in [7, 11) is -5.14. The molecule has 2 fully saturated rings. The van der Waals surface area contributed by atoms with E-state index in [1.54, 1.807) is 0 Å². The number of phosphoric ester groups is 1. The molecule has 0 bridgehead atoms. The van der Waals surface area contributed by atoms with Crippen molar-refractivity contribution in [2.24, 2.45) is 0 Å². The van der Waals surface area contributed by atoms with Crippen molar-refractivity contribution >= 4 is 19.8 Å². The van der Waals surface area contributed by atoms with E-state index in [4.69, 9.17) is 23.3 Å². The van der Waals surface area contributed by atoms with Crippen molar-refractivity contribution in [3.05, 3.63) is 60.8 Å². The Kier molecular flexibility index (Phi) is 28.8. The highest BCUT2D eigenvalue weighted by molar-refractivity contribution is 7.47. The maximum Gasteiger partial charge on any atom is 0.472 e. The quantitative estimate of drug-likeness (QED) is 0.0124. The largest absolute Gasteiger partial charge is 0.472 e. The molecule has 1 heterocycles. The number of rotatable bonds is 34. The number of phosphoric acid groups is 1. The van der Waals surface area contributed by atoms with Crippen LogP contribution in [0.15, 0.2) is 60.8 Å². The molecule has 0 spiro atoms. The lowest BCUT2D eigenvalue weighted by Gasteiger charge is -2.41. The molecule has 2 rings (SSSR count). The van der Waals surface area contributed by atoms with Gasteiger partial charge in [0.25, 0.3) is 0 Å². The van der Waals surface area contributed by atoms with Crippen LogP contribution in [0.5, 0.6) is 0 Å². The molecular weight excluding hydrogens is 795 g/mol. The van der Waals surface area contributed by atoms with Crippen LogP contribution in [-0.4, -0.2) is 111 Å². The Morgan fingerprint density at radius 2 is 1.08 bits per heavy atom. The highest BCUT2D eigenvalue weighted by atomic mass is 31.2. The number of aliphatic hydroxyl groups excluding tert-OH is 5. The Morgan fingerprint density at radius 3 is 1.72 bits per heavy atom. The van der Waals surface area contributed by atoms with Crippen LogP contribution in [0.25, 0.3) is 0 Å². The van der Waals surface area contributed by atoms with Gasteiger partial charge in [-0.05, 0) is 77.0 Å². The van der Waals surface area contributed by atoms with Crippen LogP contribution in [0.2, 0.25) is 0 Å². The number of aliphatic hydroxyl groups is 5. The molecule has 0 aromatic rings. The van der Waals surface area contributed by atoms with Gasteiger partial charge in [0.05, 0.1) is 18.8 Å². The first-order valence-electron chi connectivity index (χ1n) is 22.2. The van der Waals surface area contributed by atoms with Crippen LogP contribution in [0.1, 0.15) is 142 Å². The molecule has 1 aliphatic heterocycles. The van der Waals surface area contributed by atoms with Crippen LogP contribution in [0.4, 0.5) is 0 Å². The fourth-order valence-corrected chi connectivity index (χ4v) is 7.45. The SMILES string of the molecule is CCC/C=C\C/C=C\CCCCCCCC(=O)O[C@H](COC(=O)CCC/C=C\C/C=C\CC1OC1C/C=C\CCCCC)COP(=O)(O)OC1[C@H](O)[C@H](O)C(O)[C@H](O)[C@H]1O. The lowest BCUT2D eigenvalue weighted by atomic mass is 9.85. The van der Waals surface area contributed by atoms with Crippen molar-refractivity contribution in [3.8, 4) is 0 Å². The summed E-state index contributed by atoms with van der Waals surface area (Å²) in [6, 6.07) is 0. The predicted molar refractivity (Wildman–Crippen MR) is 230 cm³/mol. The van der Waals surface area contributed by atoms with Crippen molar-refractivity contribution in [1.82, 2.24) is 0 Å². The summed E-state index contributed by atoms with van der Waals surface area (Å²) >= 11 is 0. The normalized spacial score (nSPS) is 26.1. The smallest absolute Gasteiger partial charge is 0.462 e. The van der Waals surface area contributed by atoms with Gasteiger partial charge in [-0.3, -0.25) is 18.6 Å². The van der Waals surface area contributed by atoms with Gasteiger partial charge in [-0.25, -0.2) is 4.57 Å². The van der Waals surface area contributed by atoms with E-state index in [2.05, 4.69) is 62.5 Å². The molecule has 0 radical (unpaired) electrons. The first kappa shape index (κ1) is 53.6. The zero-order chi connectivity index (χ0) is 44.0. The van der Waals surface area contributed by atoms with E-state index in [9.17, 15) is 44.6 Å². The fourth-order valence-electron chi connectivity index (χ4n) is 6.47. The molecule has 2 aliphatic rings. The molecule has 5 unspecified atom stereocenters. The lowest BCUT2D eigenvalue weighted by molar-refractivity contribution is -0.220. The molecule has 10 atom stereocenters. The molecule has 14 nitrogen and oxygen atoms in total. The molecule has 1 aliphatic carbocycles. The third kappa shape index (κ3) is 24.2. The maximum atomic E-state index is 12.8. The van der Waals surface area contributed by atoms with Gasteiger partial charge in [0.2, 0.25) is 0 Å². The summed E-state index contributed by atoms with van der Waals surface area (Å²) < 4.78 is 39.1. The minimum absolute atomic E-state index is 0.0630. The number of carbonyl (C=O) groups excluding carboxylic acids is 2. The molecule has 15 heteroatoms. The van der Waals surface area contributed by atoms with E-state index >= 15 is 0 Å². The molecule has 1 saturated heterocycles. The van der Waals surface area contributed by atoms with E-state index in [0.29, 0.717) is 31.5 Å². The summed E-state index contributed by atoms with van der Waals surface area (Å²) in [5.41, 5.74) is 0. The van der Waals surface area contributed by atoms with Crippen molar-refractivity contribution in [3.63, 3.8) is 0 Å². The number of carbonyl (C=O) groups is 2. The molecule has 0 aromatic heterocycles. The molecule has 0 amide bonds. The van der Waals surface area contributed by atoms with Crippen molar-refractivity contribution in [1.29, 1.82) is 0 Å². The van der Waals surface area contributed by atoms with Gasteiger partial charge in [0, 0.05) is 12.8 Å². The second kappa shape index (κ2) is 32.2.